The highest BCUT2D eigenvalue weighted by molar-refractivity contribution is 6.33. The van der Waals surface area contributed by atoms with Crippen molar-refractivity contribution in [2.45, 2.75) is 6.54 Å². The minimum absolute atomic E-state index is 0.0884. The van der Waals surface area contributed by atoms with Crippen LogP contribution in [0.15, 0.2) is 17.1 Å². The molecule has 0 radical (unpaired) electrons. The lowest BCUT2D eigenvalue weighted by atomic mass is 10.3. The second-order valence-corrected chi connectivity index (χ2v) is 3.46. The van der Waals surface area contributed by atoms with Gasteiger partial charge in [0.2, 0.25) is 0 Å². The highest BCUT2D eigenvalue weighted by Crippen LogP contribution is 2.13. The first kappa shape index (κ1) is 12.7. The number of ether oxygens (including phenoxy) is 2. The number of aromatic nitrogens is 1. The number of carbonyl (C=O) groups excluding carboxylic acids is 1. The Bertz CT molecular complexity index is 441. The van der Waals surface area contributed by atoms with E-state index in [4.69, 9.17) is 16.3 Å². The van der Waals surface area contributed by atoms with Gasteiger partial charge in [-0.2, -0.15) is 0 Å². The Morgan fingerprint density at radius 2 is 2.19 bits per heavy atom. The Balaban J connectivity index is 3.11. The number of carbonyl (C=O) groups is 1. The third kappa shape index (κ3) is 2.84. The van der Waals surface area contributed by atoms with Crippen molar-refractivity contribution in [2.24, 2.45) is 0 Å². The van der Waals surface area contributed by atoms with Gasteiger partial charge in [-0.3, -0.25) is 4.79 Å². The smallest absolute Gasteiger partial charge is 0.340 e. The first-order valence-corrected chi connectivity index (χ1v) is 4.95. The molecule has 0 aliphatic rings. The molecule has 0 fully saturated rings. The monoisotopic (exact) mass is 245 g/mol. The van der Waals surface area contributed by atoms with Crippen LogP contribution in [0.2, 0.25) is 5.02 Å². The van der Waals surface area contributed by atoms with Gasteiger partial charge < -0.3 is 14.0 Å². The van der Waals surface area contributed by atoms with Crippen molar-refractivity contribution in [1.29, 1.82) is 0 Å². The number of hydrogen-bond donors (Lipinski definition) is 0. The van der Waals surface area contributed by atoms with Crippen LogP contribution in [0.4, 0.5) is 0 Å². The number of pyridine rings is 1. The van der Waals surface area contributed by atoms with Gasteiger partial charge in [0.15, 0.2) is 0 Å². The first-order chi connectivity index (χ1) is 7.60. The van der Waals surface area contributed by atoms with Gasteiger partial charge in [-0.05, 0) is 0 Å². The molecular weight excluding hydrogens is 234 g/mol. The van der Waals surface area contributed by atoms with Crippen LogP contribution in [0.25, 0.3) is 0 Å². The zero-order valence-electron chi connectivity index (χ0n) is 9.03. The zero-order chi connectivity index (χ0) is 12.1. The summed E-state index contributed by atoms with van der Waals surface area (Å²) >= 11 is 5.76. The third-order valence-electron chi connectivity index (χ3n) is 2.02. The van der Waals surface area contributed by atoms with Crippen LogP contribution in [-0.2, 0) is 16.0 Å². The van der Waals surface area contributed by atoms with Crippen LogP contribution < -0.4 is 5.56 Å². The number of methoxy groups -OCH3 is 2. The quantitative estimate of drug-likeness (QED) is 0.741. The maximum Gasteiger partial charge on any atom is 0.340 e. The molecule has 0 bridgehead atoms. The molecule has 1 heterocycles. The van der Waals surface area contributed by atoms with Gasteiger partial charge in [-0.25, -0.2) is 4.79 Å². The van der Waals surface area contributed by atoms with E-state index in [1.165, 1.54) is 31.0 Å². The van der Waals surface area contributed by atoms with Crippen LogP contribution in [0.1, 0.15) is 10.4 Å². The molecule has 0 aliphatic heterocycles. The summed E-state index contributed by atoms with van der Waals surface area (Å²) in [6.07, 6.45) is 1.37. The van der Waals surface area contributed by atoms with Crippen molar-refractivity contribution >= 4 is 17.6 Å². The zero-order valence-corrected chi connectivity index (χ0v) is 9.78. The van der Waals surface area contributed by atoms with Gasteiger partial charge >= 0.3 is 5.97 Å². The van der Waals surface area contributed by atoms with E-state index in [9.17, 15) is 9.59 Å². The van der Waals surface area contributed by atoms with E-state index >= 15 is 0 Å². The predicted molar refractivity (Wildman–Crippen MR) is 58.9 cm³/mol. The molecule has 16 heavy (non-hydrogen) atoms. The maximum absolute atomic E-state index is 11.5. The Labute approximate surface area is 97.5 Å². The van der Waals surface area contributed by atoms with Crippen LogP contribution in [0, 0.1) is 0 Å². The van der Waals surface area contributed by atoms with Gasteiger partial charge in [0.1, 0.15) is 0 Å². The number of halogens is 1. The number of esters is 1. The average Bonchev–Trinajstić information content (AvgIpc) is 2.27. The molecule has 0 saturated heterocycles. The van der Waals surface area contributed by atoms with E-state index < -0.39 is 5.97 Å². The Morgan fingerprint density at radius 3 is 2.75 bits per heavy atom. The van der Waals surface area contributed by atoms with Crippen LogP contribution in [0.3, 0.4) is 0 Å². The van der Waals surface area contributed by atoms with Crippen LogP contribution in [0.5, 0.6) is 0 Å². The van der Waals surface area contributed by atoms with Crippen LogP contribution >= 0.6 is 11.6 Å². The molecule has 0 aromatic carbocycles. The molecule has 5 nitrogen and oxygen atoms in total. The van der Waals surface area contributed by atoms with Crippen molar-refractivity contribution in [2.75, 3.05) is 20.8 Å². The molecule has 0 spiro atoms. The highest BCUT2D eigenvalue weighted by atomic mass is 35.5. The predicted octanol–water partition coefficient (Wildman–Crippen LogP) is 0.935. The summed E-state index contributed by atoms with van der Waals surface area (Å²) in [7, 11) is 2.78. The van der Waals surface area contributed by atoms with E-state index in [2.05, 4.69) is 4.74 Å². The number of hydrogen-bond acceptors (Lipinski definition) is 4. The minimum Gasteiger partial charge on any atom is -0.465 e. The van der Waals surface area contributed by atoms with E-state index in [0.29, 0.717) is 13.2 Å². The molecule has 6 heteroatoms. The van der Waals surface area contributed by atoms with Gasteiger partial charge in [0, 0.05) is 25.9 Å². The molecule has 0 atom stereocenters. The van der Waals surface area contributed by atoms with Crippen LogP contribution in [-0.4, -0.2) is 31.4 Å². The fourth-order valence-electron chi connectivity index (χ4n) is 1.17. The Hall–Kier alpha value is -1.33. The van der Waals surface area contributed by atoms with Crippen molar-refractivity contribution in [3.8, 4) is 0 Å². The molecule has 0 saturated carbocycles. The number of rotatable bonds is 4. The van der Waals surface area contributed by atoms with Gasteiger partial charge in [-0.1, -0.05) is 11.6 Å². The van der Waals surface area contributed by atoms with E-state index in [1.54, 1.807) is 0 Å². The van der Waals surface area contributed by atoms with Crippen molar-refractivity contribution in [3.05, 3.63) is 33.2 Å². The second kappa shape index (κ2) is 5.67. The molecule has 88 valence electrons. The first-order valence-electron chi connectivity index (χ1n) is 4.57. The van der Waals surface area contributed by atoms with E-state index in [1.807, 2.05) is 0 Å². The van der Waals surface area contributed by atoms with E-state index in [0.717, 1.165) is 0 Å². The molecule has 0 aliphatic carbocycles. The Kier molecular flexibility index (Phi) is 4.52. The summed E-state index contributed by atoms with van der Waals surface area (Å²) in [6, 6.07) is 1.18. The van der Waals surface area contributed by atoms with Gasteiger partial charge in [0.05, 0.1) is 24.3 Å². The topological polar surface area (TPSA) is 57.5 Å². The van der Waals surface area contributed by atoms with Crippen molar-refractivity contribution < 1.29 is 14.3 Å². The molecule has 1 aromatic heterocycles. The lowest BCUT2D eigenvalue weighted by Crippen LogP contribution is -2.23. The fraction of sp³-hybridized carbons (Fsp3) is 0.400. The second-order valence-electron chi connectivity index (χ2n) is 3.05. The fourth-order valence-corrected chi connectivity index (χ4v) is 1.39. The van der Waals surface area contributed by atoms with Crippen molar-refractivity contribution in [3.63, 3.8) is 0 Å². The average molecular weight is 246 g/mol. The summed E-state index contributed by atoms with van der Waals surface area (Å²) in [6.45, 7) is 0.735. The largest absolute Gasteiger partial charge is 0.465 e. The summed E-state index contributed by atoms with van der Waals surface area (Å²) in [5.41, 5.74) is -0.116. The lowest BCUT2D eigenvalue weighted by Gasteiger charge is -2.08. The molecule has 0 N–H and O–H groups in total. The van der Waals surface area contributed by atoms with Gasteiger partial charge in [0.25, 0.3) is 5.56 Å². The summed E-state index contributed by atoms with van der Waals surface area (Å²) in [5.74, 6) is -0.573. The number of nitrogens with zero attached hydrogens (tertiary/aromatic N) is 1. The highest BCUT2D eigenvalue weighted by Gasteiger charge is 2.13. The summed E-state index contributed by atoms with van der Waals surface area (Å²) in [5, 5.41) is 0.0884. The molecule has 1 aromatic rings. The molecule has 1 rings (SSSR count). The third-order valence-corrected chi connectivity index (χ3v) is 2.33. The van der Waals surface area contributed by atoms with Gasteiger partial charge in [-0.15, -0.1) is 0 Å². The lowest BCUT2D eigenvalue weighted by molar-refractivity contribution is 0.0599. The molecule has 0 unspecified atom stereocenters. The standard InChI is InChI=1S/C10H12ClNO4/c1-15-4-3-12-6-7(10(14)16-2)8(11)5-9(12)13/h5-6H,3-4H2,1-2H3. The summed E-state index contributed by atoms with van der Waals surface area (Å²) < 4.78 is 10.7. The van der Waals surface area contributed by atoms with E-state index in [-0.39, 0.29) is 16.1 Å². The normalized spacial score (nSPS) is 10.2. The maximum atomic E-state index is 11.5. The summed E-state index contributed by atoms with van der Waals surface area (Å²) in [4.78, 5) is 22.8. The SMILES string of the molecule is COCCn1cc(C(=O)OC)c(Cl)cc1=O. The molecule has 0 amide bonds. The minimum atomic E-state index is -0.573. The van der Waals surface area contributed by atoms with Crippen molar-refractivity contribution in [1.82, 2.24) is 4.57 Å². The Morgan fingerprint density at radius 1 is 1.50 bits per heavy atom. The molecular formula is C10H12ClNO4.